The van der Waals surface area contributed by atoms with Gasteiger partial charge in [-0.2, -0.15) is 0 Å². The quantitative estimate of drug-likeness (QED) is 0.118. The third-order valence-electron chi connectivity index (χ3n) is 17.5. The van der Waals surface area contributed by atoms with E-state index in [1.165, 1.54) is 80.7 Å². The highest BCUT2D eigenvalue weighted by molar-refractivity contribution is 6.10. The van der Waals surface area contributed by atoms with Gasteiger partial charge in [0.05, 0.1) is 29.9 Å². The van der Waals surface area contributed by atoms with Crippen molar-refractivity contribution >= 4 is 87.8 Å². The van der Waals surface area contributed by atoms with Crippen molar-refractivity contribution < 1.29 is 71.4 Å². The predicted molar refractivity (Wildman–Crippen MR) is 325 cm³/mol. The van der Waals surface area contributed by atoms with Crippen LogP contribution in [-0.2, 0) is 57.4 Å². The Morgan fingerprint density at radius 1 is 0.611 bits per heavy atom. The Hall–Kier alpha value is -8.72. The number of likely N-dealkylation sites (N-methyl/N-ethyl adjacent to an activating group) is 4. The number of aromatic nitrogens is 1. The first kappa shape index (κ1) is 68.8. The summed E-state index contributed by atoms with van der Waals surface area (Å²) >= 11 is 0. The first-order valence-corrected chi connectivity index (χ1v) is 30.5. The molecule has 4 unspecified atom stereocenters. The minimum absolute atomic E-state index is 0.0763. The molecule has 4 fully saturated rings. The van der Waals surface area contributed by atoms with E-state index in [0.29, 0.717) is 18.4 Å². The van der Waals surface area contributed by atoms with Crippen LogP contribution >= 0.6 is 0 Å². The average molecular weight is 1260 g/mol. The van der Waals surface area contributed by atoms with Gasteiger partial charge in [0.15, 0.2) is 11.3 Å². The van der Waals surface area contributed by atoms with Gasteiger partial charge in [-0.15, -0.1) is 0 Å². The van der Waals surface area contributed by atoms with E-state index in [2.05, 4.69) is 21.3 Å². The molecule has 0 aromatic heterocycles. The van der Waals surface area contributed by atoms with Gasteiger partial charge in [-0.1, -0.05) is 61.5 Å². The van der Waals surface area contributed by atoms with E-state index in [0.717, 1.165) is 9.80 Å². The number of amides is 10. The van der Waals surface area contributed by atoms with Crippen LogP contribution in [0.1, 0.15) is 127 Å². The molecule has 10 atom stereocenters. The van der Waals surface area contributed by atoms with Crippen LogP contribution < -0.4 is 32.4 Å². The molecule has 1 aliphatic carbocycles. The molecule has 1 aromatic rings. The largest absolute Gasteiger partial charge is 0.458 e. The zero-order valence-electron chi connectivity index (χ0n) is 54.1. The van der Waals surface area contributed by atoms with Crippen molar-refractivity contribution in [3.8, 4) is 11.5 Å². The van der Waals surface area contributed by atoms with Gasteiger partial charge in [0, 0.05) is 46.8 Å². The topological polar surface area (TPSA) is 360 Å². The van der Waals surface area contributed by atoms with E-state index in [1.807, 2.05) is 0 Å². The lowest BCUT2D eigenvalue weighted by Gasteiger charge is -2.36. The third-order valence-corrected chi connectivity index (χ3v) is 17.5. The van der Waals surface area contributed by atoms with Crippen LogP contribution in [0.4, 0.5) is 5.69 Å². The molecule has 0 radical (unpaired) electrons. The molecule has 10 amide bonds. The fraction of sp³-hybridized carbons (Fsp3) is 0.613. The molecule has 0 spiro atoms. The maximum absolute atomic E-state index is 15.2. The summed E-state index contributed by atoms with van der Waals surface area (Å²) in [5.41, 5.74) is 3.57. The number of aryl methyl sites for hydroxylation is 1. The molecule has 90 heavy (non-hydrogen) atoms. The second-order valence-corrected chi connectivity index (χ2v) is 25.5. The molecule has 6 aliphatic rings. The van der Waals surface area contributed by atoms with Gasteiger partial charge in [0.25, 0.3) is 11.8 Å². The van der Waals surface area contributed by atoms with E-state index >= 15 is 9.59 Å². The van der Waals surface area contributed by atoms with E-state index in [4.69, 9.17) is 24.6 Å². The summed E-state index contributed by atoms with van der Waals surface area (Å²) in [5.74, 6) is -12.4. The van der Waals surface area contributed by atoms with Crippen LogP contribution in [0.2, 0.25) is 0 Å². The summed E-state index contributed by atoms with van der Waals surface area (Å²) in [7, 11) is 5.59. The molecule has 5 aliphatic heterocycles. The van der Waals surface area contributed by atoms with Crippen LogP contribution in [0, 0.1) is 37.5 Å². The number of nitrogens with one attached hydrogen (secondary N) is 4. The number of hydrogen-bond donors (Lipinski definition) is 5. The highest BCUT2D eigenvalue weighted by Crippen LogP contribution is 2.35. The van der Waals surface area contributed by atoms with Crippen molar-refractivity contribution in [3.63, 3.8) is 0 Å². The Morgan fingerprint density at radius 2 is 1.03 bits per heavy atom. The Bertz CT molecular complexity index is 3420. The molecule has 1 aromatic carbocycles. The van der Waals surface area contributed by atoms with Gasteiger partial charge in [0.2, 0.25) is 52.7 Å². The Kier molecular flexibility index (Phi) is 21.1. The fourth-order valence-corrected chi connectivity index (χ4v) is 12.3. The van der Waals surface area contributed by atoms with Gasteiger partial charge >= 0.3 is 11.9 Å². The van der Waals surface area contributed by atoms with E-state index in [9.17, 15) is 52.7 Å². The number of nitrogen functional groups attached to an aromatic ring is 1. The van der Waals surface area contributed by atoms with Crippen molar-refractivity contribution in [2.75, 3.05) is 60.1 Å². The van der Waals surface area contributed by atoms with Crippen molar-refractivity contribution in [3.05, 3.63) is 44.6 Å². The zero-order chi connectivity index (χ0) is 67.0. The number of ether oxygens (including phenoxy) is 2. The van der Waals surface area contributed by atoms with Crippen LogP contribution in [0.3, 0.4) is 0 Å². The van der Waals surface area contributed by atoms with Gasteiger partial charge in [-0.05, 0) is 88.7 Å². The lowest BCUT2D eigenvalue weighted by atomic mass is 9.98. The van der Waals surface area contributed by atoms with Crippen LogP contribution in [0.15, 0.2) is 21.3 Å². The molecule has 0 bridgehead atoms. The number of cyclic esters (lactones) is 2. The Balaban J connectivity index is 1.32. The van der Waals surface area contributed by atoms with E-state index < -0.39 is 191 Å². The maximum Gasteiger partial charge on any atom is 0.329 e. The summed E-state index contributed by atoms with van der Waals surface area (Å²) in [4.78, 5) is 199. The molecule has 28 nitrogen and oxygen atoms in total. The minimum atomic E-state index is -1.88. The van der Waals surface area contributed by atoms with Gasteiger partial charge in [-0.3, -0.25) is 52.7 Å². The standard InChI is InChI=1S/C62H86N12O16/c1-27(2)42-59(84)73-23-17-19-36(73)57(82)69(13)25-38(75)71(15)48(29(5)6)61(86)88-33(11)44(55(80)65-42)67-53(78)35-22-21-31(9)51-46(35)64-47-40(41(63)50(77)32(10)52(47)90-51)54(79)68-45-34(12)89-62(87)49(30(7)8)72(16)39(76)26-70(14)58(83)37-20-18-24-74(37)60(85)43(28(3)4)66-56(45)81/h21-22,27-30,33-34,36-37,42-45,48-49H,17-20,23-26,63H2,1-16H3,(H,65,80)(H,66,81)(H,67,78)(H,68,79)/t33?,34?,36-,37-,42-,43-,44-,45-,48?,49?/m0/s1. The Morgan fingerprint density at radius 3 is 1.44 bits per heavy atom. The van der Waals surface area contributed by atoms with Gasteiger partial charge in [-0.25, -0.2) is 14.6 Å². The highest BCUT2D eigenvalue weighted by atomic mass is 16.6. The monoisotopic (exact) mass is 1250 g/mol. The molecule has 0 saturated carbocycles. The zero-order valence-corrected chi connectivity index (χ0v) is 54.1. The number of carbonyl (C=O) groups excluding carboxylic acids is 12. The van der Waals surface area contributed by atoms with Crippen molar-refractivity contribution in [1.82, 2.24) is 55.7 Å². The Labute approximate surface area is 522 Å². The van der Waals surface area contributed by atoms with Crippen molar-refractivity contribution in [2.45, 2.75) is 169 Å². The normalized spacial score (nSPS) is 26.2. The number of anilines is 1. The van der Waals surface area contributed by atoms with E-state index in [-0.39, 0.29) is 53.9 Å². The lowest BCUT2D eigenvalue weighted by molar-refractivity contribution is -0.163. The number of hydrogen-bond acceptors (Lipinski definition) is 18. The van der Waals surface area contributed by atoms with Gasteiger partial charge in [0.1, 0.15) is 71.8 Å². The van der Waals surface area contributed by atoms with Gasteiger partial charge < -0.3 is 70.3 Å². The summed E-state index contributed by atoms with van der Waals surface area (Å²) in [6, 6.07) is -7.90. The number of nitrogens with zero attached hydrogens (tertiary/aromatic N) is 7. The first-order valence-electron chi connectivity index (χ1n) is 30.5. The van der Waals surface area contributed by atoms with E-state index in [1.54, 1.807) is 62.3 Å². The third kappa shape index (κ3) is 13.7. The highest BCUT2D eigenvalue weighted by Gasteiger charge is 2.46. The lowest BCUT2D eigenvalue weighted by Crippen LogP contribution is -2.61. The molecule has 28 heteroatoms. The molecule has 7 rings (SSSR count). The molecule has 6 N–H and O–H groups in total. The maximum atomic E-state index is 15.2. The molecule has 4 saturated heterocycles. The first-order chi connectivity index (χ1) is 42.1. The summed E-state index contributed by atoms with van der Waals surface area (Å²) in [6.45, 7) is 18.4. The smallest absolute Gasteiger partial charge is 0.329 e. The van der Waals surface area contributed by atoms with Crippen LogP contribution in [-0.4, -0.2) is 220 Å². The number of fused-ring (bicyclic) bond motifs is 4. The number of nitrogens with two attached hydrogens (primary N) is 1. The van der Waals surface area contributed by atoms with Crippen LogP contribution in [0.5, 0.6) is 0 Å². The molecule has 5 heterocycles. The SMILES string of the molecule is Cc1c2oc3c(C)ccc(C(=O)N[C@@H]4C(=O)N[C@@H](C(C)C)C(=O)N5CCC[C@H]5C(=O)N(C)CC(=O)N(C)C(C(C)C)C(=O)OC4C)c3nc-2c(C(=O)N[C@@H]2C(=O)N[C@@H](C(C)C)C(=O)N3CCC[C@H]3C(=O)N(C)CC(=O)N(C)C(C(C)C)C(=O)OC2C)c(N)c1=O. The molecular formula is C62H86N12O16. The summed E-state index contributed by atoms with van der Waals surface area (Å²) in [6.07, 6.45) is -1.65. The summed E-state index contributed by atoms with van der Waals surface area (Å²) in [5, 5.41) is 10.7. The predicted octanol–water partition coefficient (Wildman–Crippen LogP) is 0.726. The number of benzene rings is 2. The van der Waals surface area contributed by atoms with Crippen molar-refractivity contribution in [1.29, 1.82) is 0 Å². The van der Waals surface area contributed by atoms with Crippen molar-refractivity contribution in [2.24, 2.45) is 23.7 Å². The minimum Gasteiger partial charge on any atom is -0.458 e. The number of esters is 2. The number of rotatable bonds is 8. The second-order valence-electron chi connectivity index (χ2n) is 25.5. The fourth-order valence-electron chi connectivity index (χ4n) is 12.3. The summed E-state index contributed by atoms with van der Waals surface area (Å²) < 4.78 is 18.3. The second kappa shape index (κ2) is 27.6. The van der Waals surface area contributed by atoms with Crippen LogP contribution in [0.25, 0.3) is 22.6 Å². The number of carbonyl (C=O) groups is 12. The molecular weight excluding hydrogens is 1170 g/mol. The average Bonchev–Trinajstić information content (AvgIpc) is 0.893. The molecule has 490 valence electrons.